The summed E-state index contributed by atoms with van der Waals surface area (Å²) in [6.07, 6.45) is 7.86. The molecular formula is C15H23NO2S. The first-order valence-electron chi connectivity index (χ1n) is 6.74. The summed E-state index contributed by atoms with van der Waals surface area (Å²) >= 11 is 1.67. The molecule has 0 saturated heterocycles. The third kappa shape index (κ3) is 2.84. The third-order valence-electron chi connectivity index (χ3n) is 3.99. The number of rotatable bonds is 4. The molecule has 0 radical (unpaired) electrons. The summed E-state index contributed by atoms with van der Waals surface area (Å²) in [5.74, 6) is 1.58. The second kappa shape index (κ2) is 6.06. The zero-order chi connectivity index (χ0) is 13.9. The molecule has 4 heteroatoms. The van der Waals surface area contributed by atoms with Crippen LogP contribution in [0.5, 0.6) is 11.5 Å². The Labute approximate surface area is 119 Å². The third-order valence-corrected chi connectivity index (χ3v) is 4.73. The van der Waals surface area contributed by atoms with Crippen LogP contribution in [-0.4, -0.2) is 20.5 Å². The van der Waals surface area contributed by atoms with Gasteiger partial charge in [0.05, 0.1) is 19.1 Å². The smallest absolute Gasteiger partial charge is 0.174 e. The van der Waals surface area contributed by atoms with Crippen LogP contribution >= 0.6 is 11.8 Å². The number of methoxy groups -OCH3 is 2. The van der Waals surface area contributed by atoms with Crippen LogP contribution in [-0.2, 0) is 5.54 Å². The van der Waals surface area contributed by atoms with Crippen LogP contribution in [0.1, 0.15) is 37.7 Å². The van der Waals surface area contributed by atoms with E-state index in [0.717, 1.165) is 29.2 Å². The Morgan fingerprint density at radius 1 is 1.11 bits per heavy atom. The van der Waals surface area contributed by atoms with Crippen molar-refractivity contribution in [1.82, 2.24) is 0 Å². The molecule has 0 spiro atoms. The Morgan fingerprint density at radius 3 is 2.32 bits per heavy atom. The molecule has 0 aliphatic heterocycles. The van der Waals surface area contributed by atoms with Crippen molar-refractivity contribution < 1.29 is 9.47 Å². The molecule has 1 aliphatic carbocycles. The highest BCUT2D eigenvalue weighted by molar-refractivity contribution is 7.98. The molecule has 3 nitrogen and oxygen atoms in total. The maximum atomic E-state index is 6.61. The van der Waals surface area contributed by atoms with Crippen molar-refractivity contribution in [2.24, 2.45) is 5.73 Å². The van der Waals surface area contributed by atoms with Gasteiger partial charge >= 0.3 is 0 Å². The second-order valence-corrected chi connectivity index (χ2v) is 5.98. The number of hydrogen-bond donors (Lipinski definition) is 1. The van der Waals surface area contributed by atoms with E-state index in [-0.39, 0.29) is 5.54 Å². The van der Waals surface area contributed by atoms with Crippen LogP contribution in [0, 0.1) is 0 Å². The van der Waals surface area contributed by atoms with Crippen LogP contribution in [0.3, 0.4) is 0 Å². The molecule has 1 aromatic carbocycles. The zero-order valence-corrected chi connectivity index (χ0v) is 12.8. The number of benzene rings is 1. The lowest BCUT2D eigenvalue weighted by Crippen LogP contribution is -2.38. The van der Waals surface area contributed by atoms with Crippen molar-refractivity contribution in [1.29, 1.82) is 0 Å². The van der Waals surface area contributed by atoms with E-state index in [4.69, 9.17) is 15.2 Å². The van der Waals surface area contributed by atoms with Crippen molar-refractivity contribution >= 4 is 11.8 Å². The van der Waals surface area contributed by atoms with Crippen LogP contribution in [0.15, 0.2) is 17.0 Å². The van der Waals surface area contributed by atoms with Crippen LogP contribution in [0.2, 0.25) is 0 Å². The summed E-state index contributed by atoms with van der Waals surface area (Å²) in [7, 11) is 3.35. The number of hydrogen-bond acceptors (Lipinski definition) is 4. The van der Waals surface area contributed by atoms with Gasteiger partial charge in [-0.3, -0.25) is 0 Å². The molecule has 19 heavy (non-hydrogen) atoms. The van der Waals surface area contributed by atoms with Gasteiger partial charge in [-0.05, 0) is 36.8 Å². The average Bonchev–Trinajstić information content (AvgIpc) is 2.46. The minimum absolute atomic E-state index is 0.206. The summed E-state index contributed by atoms with van der Waals surface area (Å²) in [6.45, 7) is 0. The molecule has 0 heterocycles. The highest BCUT2D eigenvalue weighted by Gasteiger charge is 2.31. The maximum Gasteiger partial charge on any atom is 0.174 e. The molecule has 0 atom stereocenters. The minimum atomic E-state index is -0.206. The molecule has 1 saturated carbocycles. The standard InChI is InChI=1S/C15H23NO2S/c1-17-12-9-11(10-13(19-3)14(12)18-2)15(16)7-5-4-6-8-15/h9-10H,4-8,16H2,1-3H3. The summed E-state index contributed by atoms with van der Waals surface area (Å²) in [4.78, 5) is 1.09. The highest BCUT2D eigenvalue weighted by Crippen LogP contribution is 2.43. The number of ether oxygens (including phenoxy) is 2. The monoisotopic (exact) mass is 281 g/mol. The van der Waals surface area contributed by atoms with Crippen LogP contribution in [0.4, 0.5) is 0 Å². The summed E-state index contributed by atoms with van der Waals surface area (Å²) in [5.41, 5.74) is 7.58. The van der Waals surface area contributed by atoms with Gasteiger partial charge in [0.15, 0.2) is 11.5 Å². The van der Waals surface area contributed by atoms with Crippen molar-refractivity contribution in [2.45, 2.75) is 42.5 Å². The van der Waals surface area contributed by atoms with Crippen molar-refractivity contribution in [3.63, 3.8) is 0 Å². The van der Waals surface area contributed by atoms with Crippen molar-refractivity contribution in [3.05, 3.63) is 17.7 Å². The zero-order valence-electron chi connectivity index (χ0n) is 12.0. The minimum Gasteiger partial charge on any atom is -0.493 e. The Hall–Kier alpha value is -0.870. The topological polar surface area (TPSA) is 44.5 Å². The first-order valence-corrected chi connectivity index (χ1v) is 7.96. The Balaban J connectivity index is 2.46. The maximum absolute atomic E-state index is 6.61. The lowest BCUT2D eigenvalue weighted by atomic mass is 9.77. The molecule has 1 aromatic rings. The summed E-state index contributed by atoms with van der Waals surface area (Å²) in [5, 5.41) is 0. The van der Waals surface area contributed by atoms with Gasteiger partial charge in [0.25, 0.3) is 0 Å². The van der Waals surface area contributed by atoms with Gasteiger partial charge in [0.1, 0.15) is 0 Å². The Bertz CT molecular complexity index is 417. The quantitative estimate of drug-likeness (QED) is 0.857. The molecule has 0 aromatic heterocycles. The lowest BCUT2D eigenvalue weighted by molar-refractivity contribution is 0.297. The van der Waals surface area contributed by atoms with Gasteiger partial charge in [-0.2, -0.15) is 0 Å². The van der Waals surface area contributed by atoms with Crippen LogP contribution < -0.4 is 15.2 Å². The van der Waals surface area contributed by atoms with Gasteiger partial charge in [0.2, 0.25) is 0 Å². The average molecular weight is 281 g/mol. The van der Waals surface area contributed by atoms with E-state index in [1.807, 2.05) is 12.3 Å². The van der Waals surface area contributed by atoms with E-state index in [9.17, 15) is 0 Å². The Kier molecular flexibility index (Phi) is 4.63. The molecule has 0 amide bonds. The summed E-state index contributed by atoms with van der Waals surface area (Å²) < 4.78 is 10.9. The van der Waals surface area contributed by atoms with Crippen molar-refractivity contribution in [3.8, 4) is 11.5 Å². The molecule has 2 N–H and O–H groups in total. The normalized spacial score (nSPS) is 18.1. The predicted molar refractivity (Wildman–Crippen MR) is 80.3 cm³/mol. The molecule has 0 bridgehead atoms. The van der Waals surface area contributed by atoms with E-state index in [0.29, 0.717) is 0 Å². The lowest BCUT2D eigenvalue weighted by Gasteiger charge is -2.34. The Morgan fingerprint density at radius 2 is 1.79 bits per heavy atom. The van der Waals surface area contributed by atoms with Crippen molar-refractivity contribution in [2.75, 3.05) is 20.5 Å². The summed E-state index contributed by atoms with van der Waals surface area (Å²) in [6, 6.07) is 4.21. The molecule has 1 fully saturated rings. The van der Waals surface area contributed by atoms with Gasteiger partial charge < -0.3 is 15.2 Å². The largest absolute Gasteiger partial charge is 0.493 e. The van der Waals surface area contributed by atoms with Crippen LogP contribution in [0.25, 0.3) is 0 Å². The van der Waals surface area contributed by atoms with E-state index >= 15 is 0 Å². The van der Waals surface area contributed by atoms with Gasteiger partial charge in [-0.25, -0.2) is 0 Å². The molecule has 2 rings (SSSR count). The molecule has 1 aliphatic rings. The van der Waals surface area contributed by atoms with E-state index in [1.54, 1.807) is 26.0 Å². The van der Waals surface area contributed by atoms with E-state index < -0.39 is 0 Å². The van der Waals surface area contributed by atoms with Gasteiger partial charge in [0, 0.05) is 5.54 Å². The molecular weight excluding hydrogens is 258 g/mol. The second-order valence-electron chi connectivity index (χ2n) is 5.13. The first kappa shape index (κ1) is 14.5. The molecule has 106 valence electrons. The van der Waals surface area contributed by atoms with E-state index in [2.05, 4.69) is 6.07 Å². The fraction of sp³-hybridized carbons (Fsp3) is 0.600. The highest BCUT2D eigenvalue weighted by atomic mass is 32.2. The number of nitrogens with two attached hydrogens (primary N) is 1. The van der Waals surface area contributed by atoms with Gasteiger partial charge in [-0.15, -0.1) is 11.8 Å². The fourth-order valence-corrected chi connectivity index (χ4v) is 3.45. The predicted octanol–water partition coefficient (Wildman–Crippen LogP) is 3.54. The first-order chi connectivity index (χ1) is 9.14. The van der Waals surface area contributed by atoms with E-state index in [1.165, 1.54) is 24.8 Å². The fourth-order valence-electron chi connectivity index (χ4n) is 2.84. The van der Waals surface area contributed by atoms with Gasteiger partial charge in [-0.1, -0.05) is 19.3 Å². The SMILES string of the molecule is COc1cc(C2(N)CCCCC2)cc(SC)c1OC. The molecule has 0 unspecified atom stereocenters. The number of thioether (sulfide) groups is 1.